The number of nitrogens with one attached hydrogen (secondary N) is 2. The highest BCUT2D eigenvalue weighted by atomic mass is 32.1. The average Bonchev–Trinajstić information content (AvgIpc) is 3.54. The second-order valence-corrected chi connectivity index (χ2v) is 8.04. The lowest BCUT2D eigenvalue weighted by atomic mass is 10.2. The second-order valence-electron chi connectivity index (χ2n) is 7.19. The van der Waals surface area contributed by atoms with Gasteiger partial charge in [-0.2, -0.15) is 10.2 Å². The molecule has 1 aliphatic rings. The third-order valence-electron chi connectivity index (χ3n) is 5.12. The Morgan fingerprint density at radius 3 is 3.00 bits per heavy atom. The summed E-state index contributed by atoms with van der Waals surface area (Å²) in [7, 11) is 0. The summed E-state index contributed by atoms with van der Waals surface area (Å²) in [5, 5.41) is 26.6. The highest BCUT2D eigenvalue weighted by Crippen LogP contribution is 2.33. The largest absolute Gasteiger partial charge is 0.393 e. The molecule has 1 fully saturated rings. The summed E-state index contributed by atoms with van der Waals surface area (Å²) in [6.45, 7) is 0. The van der Waals surface area contributed by atoms with Crippen LogP contribution in [-0.2, 0) is 0 Å². The molecule has 0 bridgehead atoms. The van der Waals surface area contributed by atoms with Gasteiger partial charge in [0.1, 0.15) is 16.4 Å². The van der Waals surface area contributed by atoms with Gasteiger partial charge in [0.05, 0.1) is 29.7 Å². The topological polar surface area (TPSA) is 122 Å². The van der Waals surface area contributed by atoms with E-state index >= 15 is 0 Å². The standard InChI is InChI=1S/C20H19N7O2S/c28-14-5-4-13(7-14)27-10-16(18(26-27)15-3-1-2-6-21-15)24-19(29)17-11-30-20(25-17)12-8-22-23-9-12/h1-3,6,8-11,13-14,28H,4-5,7H2,(H,22,23)(H,24,29). The van der Waals surface area contributed by atoms with Crippen LogP contribution in [-0.4, -0.2) is 47.1 Å². The Balaban J connectivity index is 1.44. The molecule has 30 heavy (non-hydrogen) atoms. The average molecular weight is 421 g/mol. The quantitative estimate of drug-likeness (QED) is 0.455. The minimum atomic E-state index is -0.316. The van der Waals surface area contributed by atoms with E-state index in [4.69, 9.17) is 0 Å². The van der Waals surface area contributed by atoms with E-state index in [0.717, 1.165) is 23.4 Å². The summed E-state index contributed by atoms with van der Waals surface area (Å²) < 4.78 is 1.83. The van der Waals surface area contributed by atoms with Gasteiger partial charge in [-0.1, -0.05) is 6.07 Å². The van der Waals surface area contributed by atoms with Crippen molar-refractivity contribution in [1.82, 2.24) is 29.9 Å². The van der Waals surface area contributed by atoms with E-state index in [9.17, 15) is 9.90 Å². The zero-order valence-electron chi connectivity index (χ0n) is 15.9. The molecule has 0 spiro atoms. The van der Waals surface area contributed by atoms with Gasteiger partial charge in [-0.05, 0) is 31.4 Å². The first-order chi connectivity index (χ1) is 14.7. The molecule has 4 aromatic heterocycles. The molecule has 2 unspecified atom stereocenters. The number of hydrogen-bond donors (Lipinski definition) is 3. The van der Waals surface area contributed by atoms with Gasteiger partial charge in [-0.25, -0.2) is 4.98 Å². The summed E-state index contributed by atoms with van der Waals surface area (Å²) in [4.78, 5) is 21.7. The Kier molecular flexibility index (Phi) is 4.85. The van der Waals surface area contributed by atoms with Crippen molar-refractivity contribution in [3.05, 3.63) is 54.1 Å². The molecule has 4 heterocycles. The fraction of sp³-hybridized carbons (Fsp3) is 0.250. The molecule has 1 amide bonds. The predicted octanol–water partition coefficient (Wildman–Crippen LogP) is 3.13. The first kappa shape index (κ1) is 18.6. The van der Waals surface area contributed by atoms with E-state index in [1.165, 1.54) is 11.3 Å². The minimum absolute atomic E-state index is 0.0973. The molecule has 9 nitrogen and oxygen atoms in total. The number of H-pyrrole nitrogens is 1. The highest BCUT2D eigenvalue weighted by Gasteiger charge is 2.27. The van der Waals surface area contributed by atoms with Crippen molar-refractivity contribution >= 4 is 22.9 Å². The van der Waals surface area contributed by atoms with E-state index in [1.807, 2.05) is 29.1 Å². The Morgan fingerprint density at radius 2 is 2.27 bits per heavy atom. The maximum atomic E-state index is 12.9. The summed E-state index contributed by atoms with van der Waals surface area (Å²) in [5.41, 5.74) is 2.99. The summed E-state index contributed by atoms with van der Waals surface area (Å²) >= 11 is 1.38. The van der Waals surface area contributed by atoms with Gasteiger partial charge in [0.15, 0.2) is 0 Å². The monoisotopic (exact) mass is 421 g/mol. The van der Waals surface area contributed by atoms with Gasteiger partial charge >= 0.3 is 0 Å². The van der Waals surface area contributed by atoms with E-state index in [2.05, 4.69) is 30.6 Å². The number of hydrogen-bond acceptors (Lipinski definition) is 7. The number of nitrogens with zero attached hydrogens (tertiary/aromatic N) is 5. The van der Waals surface area contributed by atoms with Crippen LogP contribution in [0.15, 0.2) is 48.4 Å². The molecular weight excluding hydrogens is 402 g/mol. The van der Waals surface area contributed by atoms with E-state index in [0.29, 0.717) is 29.2 Å². The Bertz CT molecular complexity index is 1150. The molecule has 4 aromatic rings. The van der Waals surface area contributed by atoms with Gasteiger partial charge in [0, 0.05) is 29.5 Å². The van der Waals surface area contributed by atoms with Crippen LogP contribution in [0.2, 0.25) is 0 Å². The van der Waals surface area contributed by atoms with Crippen LogP contribution in [0.25, 0.3) is 22.0 Å². The number of rotatable bonds is 5. The fourth-order valence-corrected chi connectivity index (χ4v) is 4.38. The van der Waals surface area contributed by atoms with Crippen molar-refractivity contribution < 1.29 is 9.90 Å². The van der Waals surface area contributed by atoms with Crippen LogP contribution in [0.4, 0.5) is 5.69 Å². The molecule has 5 rings (SSSR count). The predicted molar refractivity (Wildman–Crippen MR) is 112 cm³/mol. The van der Waals surface area contributed by atoms with Crippen molar-refractivity contribution in [2.24, 2.45) is 0 Å². The third-order valence-corrected chi connectivity index (χ3v) is 6.01. The molecule has 3 N–H and O–H groups in total. The van der Waals surface area contributed by atoms with Crippen LogP contribution in [0.3, 0.4) is 0 Å². The van der Waals surface area contributed by atoms with E-state index < -0.39 is 0 Å². The van der Waals surface area contributed by atoms with Gasteiger partial charge in [-0.15, -0.1) is 11.3 Å². The molecule has 0 radical (unpaired) electrons. The zero-order valence-corrected chi connectivity index (χ0v) is 16.7. The Hall–Kier alpha value is -3.37. The van der Waals surface area contributed by atoms with Gasteiger partial charge in [0.25, 0.3) is 5.91 Å². The van der Waals surface area contributed by atoms with Crippen LogP contribution in [0.1, 0.15) is 35.8 Å². The second kappa shape index (κ2) is 7.81. The number of pyridine rings is 1. The van der Waals surface area contributed by atoms with Gasteiger partial charge < -0.3 is 10.4 Å². The summed E-state index contributed by atoms with van der Waals surface area (Å²) in [6, 6.07) is 5.66. The Labute approximate surface area is 175 Å². The van der Waals surface area contributed by atoms with Crippen molar-refractivity contribution in [1.29, 1.82) is 0 Å². The summed E-state index contributed by atoms with van der Waals surface area (Å²) in [5.74, 6) is -0.316. The van der Waals surface area contributed by atoms with Crippen LogP contribution >= 0.6 is 11.3 Å². The van der Waals surface area contributed by atoms with Crippen LogP contribution in [0, 0.1) is 0 Å². The Morgan fingerprint density at radius 1 is 1.33 bits per heavy atom. The summed E-state index contributed by atoms with van der Waals surface area (Å²) in [6.07, 6.45) is 8.84. The molecule has 152 valence electrons. The molecular formula is C20H19N7O2S. The zero-order chi connectivity index (χ0) is 20.5. The highest BCUT2D eigenvalue weighted by molar-refractivity contribution is 7.13. The van der Waals surface area contributed by atoms with E-state index in [-0.39, 0.29) is 18.1 Å². The third kappa shape index (κ3) is 3.62. The van der Waals surface area contributed by atoms with Crippen molar-refractivity contribution in [2.75, 3.05) is 5.32 Å². The van der Waals surface area contributed by atoms with Crippen molar-refractivity contribution in [3.63, 3.8) is 0 Å². The van der Waals surface area contributed by atoms with Crippen molar-refractivity contribution in [3.8, 4) is 22.0 Å². The number of aromatic amines is 1. The SMILES string of the molecule is O=C(Nc1cn(C2CCC(O)C2)nc1-c1ccccn1)c1csc(-c2cn[nH]c2)n1. The maximum Gasteiger partial charge on any atom is 0.275 e. The number of amides is 1. The van der Waals surface area contributed by atoms with Crippen LogP contribution in [0.5, 0.6) is 0 Å². The number of aliphatic hydroxyl groups excluding tert-OH is 1. The maximum absolute atomic E-state index is 12.9. The number of carbonyl (C=O) groups excluding carboxylic acids is 1. The molecule has 1 aliphatic carbocycles. The lowest BCUT2D eigenvalue weighted by Crippen LogP contribution is -2.12. The van der Waals surface area contributed by atoms with Crippen molar-refractivity contribution in [2.45, 2.75) is 31.4 Å². The molecule has 2 atom stereocenters. The number of aromatic nitrogens is 6. The minimum Gasteiger partial charge on any atom is -0.393 e. The molecule has 10 heteroatoms. The first-order valence-electron chi connectivity index (χ1n) is 9.62. The number of aliphatic hydroxyl groups is 1. The number of carbonyl (C=O) groups is 1. The fourth-order valence-electron chi connectivity index (χ4n) is 3.60. The lowest BCUT2D eigenvalue weighted by molar-refractivity contribution is 0.102. The molecule has 0 aliphatic heterocycles. The van der Waals surface area contributed by atoms with Gasteiger partial charge in [0.2, 0.25) is 0 Å². The van der Waals surface area contributed by atoms with E-state index in [1.54, 1.807) is 24.0 Å². The number of thiazole rings is 1. The smallest absolute Gasteiger partial charge is 0.275 e. The number of anilines is 1. The first-order valence-corrected chi connectivity index (χ1v) is 10.5. The molecule has 0 aromatic carbocycles. The van der Waals surface area contributed by atoms with Crippen LogP contribution < -0.4 is 5.32 Å². The normalized spacial score (nSPS) is 18.6. The van der Waals surface area contributed by atoms with Gasteiger partial charge in [-0.3, -0.25) is 19.6 Å². The molecule has 1 saturated carbocycles. The lowest BCUT2D eigenvalue weighted by Gasteiger charge is -2.09. The molecule has 0 saturated heterocycles.